The van der Waals surface area contributed by atoms with Gasteiger partial charge in [0.25, 0.3) is 0 Å². The Morgan fingerprint density at radius 1 is 1.67 bits per heavy atom. The van der Waals surface area contributed by atoms with Crippen LogP contribution in [0.3, 0.4) is 0 Å². The van der Waals surface area contributed by atoms with Crippen LogP contribution in [0.5, 0.6) is 0 Å². The van der Waals surface area contributed by atoms with Gasteiger partial charge in [0.2, 0.25) is 0 Å². The molecule has 1 saturated heterocycles. The highest BCUT2D eigenvalue weighted by Crippen LogP contribution is 2.09. The summed E-state index contributed by atoms with van der Waals surface area (Å²) in [5.74, 6) is 0. The third-order valence-corrected chi connectivity index (χ3v) is 1.96. The Bertz CT molecular complexity index is 85.0. The molecule has 0 spiro atoms. The summed E-state index contributed by atoms with van der Waals surface area (Å²) in [5.41, 5.74) is 0. The molecule has 2 atom stereocenters. The predicted molar refractivity (Wildman–Crippen MR) is 37.3 cm³/mol. The van der Waals surface area contributed by atoms with Crippen LogP contribution in [0, 0.1) is 0 Å². The molecule has 0 saturated carbocycles. The maximum absolute atomic E-state index is 9.17. The van der Waals surface area contributed by atoms with Gasteiger partial charge in [-0.1, -0.05) is 6.92 Å². The molecule has 0 aromatic carbocycles. The quantitative estimate of drug-likeness (QED) is 0.540. The smallest absolute Gasteiger partial charge is 0.0567 e. The van der Waals surface area contributed by atoms with Crippen molar-refractivity contribution in [3.63, 3.8) is 0 Å². The maximum Gasteiger partial charge on any atom is 0.0567 e. The molecule has 0 aromatic heterocycles. The minimum Gasteiger partial charge on any atom is -0.393 e. The lowest BCUT2D eigenvalue weighted by Gasteiger charge is -2.25. The van der Waals surface area contributed by atoms with Crippen LogP contribution < -0.4 is 5.32 Å². The molecule has 2 heteroatoms. The Kier molecular flexibility index (Phi) is 2.49. The van der Waals surface area contributed by atoms with Gasteiger partial charge in [0.1, 0.15) is 0 Å². The van der Waals surface area contributed by atoms with Crippen LogP contribution in [0.2, 0.25) is 0 Å². The van der Waals surface area contributed by atoms with Gasteiger partial charge in [-0.25, -0.2) is 0 Å². The van der Waals surface area contributed by atoms with Crippen LogP contribution in [0.15, 0.2) is 0 Å². The van der Waals surface area contributed by atoms with Crippen LogP contribution in [0.25, 0.3) is 0 Å². The molecular formula is C7H15NO. The largest absolute Gasteiger partial charge is 0.393 e. The van der Waals surface area contributed by atoms with E-state index in [1.54, 1.807) is 0 Å². The lowest BCUT2D eigenvalue weighted by Crippen LogP contribution is -2.39. The minimum atomic E-state index is -0.0452. The first kappa shape index (κ1) is 7.03. The third kappa shape index (κ3) is 1.95. The van der Waals surface area contributed by atoms with Crippen molar-refractivity contribution < 1.29 is 5.11 Å². The SMILES string of the molecule is CC[C@@H]1C[C@H](O)CCN1. The molecule has 0 aromatic rings. The number of aliphatic hydroxyl groups excluding tert-OH is 1. The monoisotopic (exact) mass is 129 g/mol. The van der Waals surface area contributed by atoms with Gasteiger partial charge in [0.15, 0.2) is 0 Å². The van der Waals surface area contributed by atoms with Crippen molar-refractivity contribution in [3.8, 4) is 0 Å². The van der Waals surface area contributed by atoms with Crippen molar-refractivity contribution in [2.75, 3.05) is 6.54 Å². The molecule has 1 heterocycles. The third-order valence-electron chi connectivity index (χ3n) is 1.96. The minimum absolute atomic E-state index is 0.0452. The van der Waals surface area contributed by atoms with Gasteiger partial charge in [0.05, 0.1) is 6.10 Å². The van der Waals surface area contributed by atoms with Crippen molar-refractivity contribution in [2.45, 2.75) is 38.3 Å². The van der Waals surface area contributed by atoms with Gasteiger partial charge in [0, 0.05) is 6.04 Å². The number of nitrogens with one attached hydrogen (secondary N) is 1. The standard InChI is InChI=1S/C7H15NO/c1-2-6-5-7(9)3-4-8-6/h6-9H,2-5H2,1H3/t6-,7-/m1/s1. The van der Waals surface area contributed by atoms with E-state index >= 15 is 0 Å². The molecule has 1 aliphatic rings. The maximum atomic E-state index is 9.17. The van der Waals surface area contributed by atoms with Crippen molar-refractivity contribution in [2.24, 2.45) is 0 Å². The van der Waals surface area contributed by atoms with E-state index in [4.69, 9.17) is 0 Å². The summed E-state index contributed by atoms with van der Waals surface area (Å²) in [7, 11) is 0. The number of hydrogen-bond acceptors (Lipinski definition) is 2. The summed E-state index contributed by atoms with van der Waals surface area (Å²) in [6.45, 7) is 3.13. The highest BCUT2D eigenvalue weighted by molar-refractivity contribution is 4.75. The Hall–Kier alpha value is -0.0800. The lowest BCUT2D eigenvalue weighted by molar-refractivity contribution is 0.115. The summed E-state index contributed by atoms with van der Waals surface area (Å²) in [5, 5.41) is 12.5. The molecule has 1 fully saturated rings. The van der Waals surface area contributed by atoms with Gasteiger partial charge < -0.3 is 10.4 Å². The molecule has 0 bridgehead atoms. The van der Waals surface area contributed by atoms with E-state index in [0.29, 0.717) is 6.04 Å². The number of rotatable bonds is 1. The fourth-order valence-electron chi connectivity index (χ4n) is 1.29. The van der Waals surface area contributed by atoms with Crippen molar-refractivity contribution in [1.82, 2.24) is 5.32 Å². The first-order valence-electron chi connectivity index (χ1n) is 3.74. The fourth-order valence-corrected chi connectivity index (χ4v) is 1.29. The molecule has 0 unspecified atom stereocenters. The number of hydrogen-bond donors (Lipinski definition) is 2. The van der Waals surface area contributed by atoms with Crippen LogP contribution in [0.1, 0.15) is 26.2 Å². The second-order valence-corrected chi connectivity index (χ2v) is 2.74. The van der Waals surface area contributed by atoms with Crippen molar-refractivity contribution >= 4 is 0 Å². The van der Waals surface area contributed by atoms with Crippen molar-refractivity contribution in [1.29, 1.82) is 0 Å². The lowest BCUT2D eigenvalue weighted by atomic mass is 10.0. The first-order chi connectivity index (χ1) is 4.33. The zero-order valence-electron chi connectivity index (χ0n) is 5.93. The Morgan fingerprint density at radius 2 is 2.44 bits per heavy atom. The molecule has 2 N–H and O–H groups in total. The van der Waals surface area contributed by atoms with E-state index in [0.717, 1.165) is 25.8 Å². The van der Waals surface area contributed by atoms with Gasteiger partial charge >= 0.3 is 0 Å². The molecule has 0 radical (unpaired) electrons. The van der Waals surface area contributed by atoms with Gasteiger partial charge in [-0.15, -0.1) is 0 Å². The average Bonchev–Trinajstić information content (AvgIpc) is 1.88. The van der Waals surface area contributed by atoms with Gasteiger partial charge in [-0.3, -0.25) is 0 Å². The van der Waals surface area contributed by atoms with E-state index in [9.17, 15) is 5.11 Å². The topological polar surface area (TPSA) is 32.3 Å². The molecule has 54 valence electrons. The van der Waals surface area contributed by atoms with Crippen molar-refractivity contribution in [3.05, 3.63) is 0 Å². The Labute approximate surface area is 56.3 Å². The summed E-state index contributed by atoms with van der Waals surface area (Å²) in [4.78, 5) is 0. The second-order valence-electron chi connectivity index (χ2n) is 2.74. The molecular weight excluding hydrogens is 114 g/mol. The Morgan fingerprint density at radius 3 is 2.89 bits per heavy atom. The average molecular weight is 129 g/mol. The van der Waals surface area contributed by atoms with E-state index in [2.05, 4.69) is 12.2 Å². The summed E-state index contributed by atoms with van der Waals surface area (Å²) in [6, 6.07) is 0.564. The first-order valence-corrected chi connectivity index (χ1v) is 3.74. The fraction of sp³-hybridized carbons (Fsp3) is 1.00. The van der Waals surface area contributed by atoms with E-state index in [1.165, 1.54) is 0 Å². The van der Waals surface area contributed by atoms with E-state index in [1.807, 2.05) is 0 Å². The molecule has 0 aliphatic carbocycles. The molecule has 0 amide bonds. The molecule has 2 nitrogen and oxygen atoms in total. The molecule has 1 rings (SSSR count). The Balaban J connectivity index is 2.23. The highest BCUT2D eigenvalue weighted by atomic mass is 16.3. The summed E-state index contributed by atoms with van der Waals surface area (Å²) < 4.78 is 0. The van der Waals surface area contributed by atoms with E-state index in [-0.39, 0.29) is 6.10 Å². The number of piperidine rings is 1. The predicted octanol–water partition coefficient (Wildman–Crippen LogP) is 0.509. The molecule has 9 heavy (non-hydrogen) atoms. The van der Waals surface area contributed by atoms with Crippen LogP contribution in [0.4, 0.5) is 0 Å². The summed E-state index contributed by atoms with van der Waals surface area (Å²) in [6.07, 6.45) is 2.96. The molecule has 1 aliphatic heterocycles. The normalized spacial score (nSPS) is 36.7. The van der Waals surface area contributed by atoms with E-state index < -0.39 is 0 Å². The zero-order chi connectivity index (χ0) is 6.69. The zero-order valence-corrected chi connectivity index (χ0v) is 5.93. The van der Waals surface area contributed by atoms with Crippen LogP contribution in [-0.2, 0) is 0 Å². The van der Waals surface area contributed by atoms with Crippen LogP contribution in [-0.4, -0.2) is 23.8 Å². The van der Waals surface area contributed by atoms with Crippen LogP contribution >= 0.6 is 0 Å². The summed E-state index contributed by atoms with van der Waals surface area (Å²) >= 11 is 0. The highest BCUT2D eigenvalue weighted by Gasteiger charge is 2.16. The van der Waals surface area contributed by atoms with Gasteiger partial charge in [-0.2, -0.15) is 0 Å². The van der Waals surface area contributed by atoms with Gasteiger partial charge in [-0.05, 0) is 25.8 Å². The number of aliphatic hydroxyl groups is 1. The second kappa shape index (κ2) is 3.18.